The molecule has 0 spiro atoms. The van der Waals surface area contributed by atoms with E-state index in [2.05, 4.69) is 5.32 Å². The van der Waals surface area contributed by atoms with E-state index < -0.39 is 12.1 Å². The molecule has 10 heavy (non-hydrogen) atoms. The first kappa shape index (κ1) is 9.36. The minimum atomic E-state index is -0.961. The first-order valence-electron chi connectivity index (χ1n) is 3.23. The summed E-state index contributed by atoms with van der Waals surface area (Å²) < 4.78 is 12.5. The molecule has 1 amide bonds. The molecular weight excluding hydrogens is 135 g/mol. The Hall–Kier alpha value is -0.640. The molecule has 0 aromatic rings. The van der Waals surface area contributed by atoms with Gasteiger partial charge in [0.15, 0.2) is 0 Å². The zero-order valence-electron chi connectivity index (χ0n) is 6.06. The lowest BCUT2D eigenvalue weighted by Gasteiger charge is -2.03. The van der Waals surface area contributed by atoms with E-state index in [1.807, 2.05) is 0 Å². The molecule has 0 rings (SSSR count). The summed E-state index contributed by atoms with van der Waals surface area (Å²) in [7, 11) is 1.66. The Balaban J connectivity index is 3.21. The summed E-state index contributed by atoms with van der Waals surface area (Å²) in [6, 6.07) is 0. The third-order valence-corrected chi connectivity index (χ3v) is 1.13. The van der Waals surface area contributed by atoms with Crippen LogP contribution in [-0.4, -0.2) is 25.7 Å². The van der Waals surface area contributed by atoms with E-state index in [0.29, 0.717) is 0 Å². The van der Waals surface area contributed by atoms with Crippen LogP contribution < -0.4 is 11.1 Å². The van der Waals surface area contributed by atoms with Crippen LogP contribution in [0.2, 0.25) is 0 Å². The van der Waals surface area contributed by atoms with E-state index in [-0.39, 0.29) is 19.4 Å². The van der Waals surface area contributed by atoms with Gasteiger partial charge in [-0.25, -0.2) is 4.39 Å². The predicted molar refractivity (Wildman–Crippen MR) is 37.3 cm³/mol. The molecule has 0 fully saturated rings. The maximum atomic E-state index is 12.5. The Morgan fingerprint density at radius 1 is 1.80 bits per heavy atom. The molecule has 0 saturated heterocycles. The summed E-state index contributed by atoms with van der Waals surface area (Å²) >= 11 is 0. The lowest BCUT2D eigenvalue weighted by Crippen LogP contribution is -2.22. The first-order chi connectivity index (χ1) is 4.66. The largest absolute Gasteiger partial charge is 0.370 e. The Morgan fingerprint density at radius 3 is 2.80 bits per heavy atom. The van der Waals surface area contributed by atoms with Gasteiger partial charge in [0.05, 0.1) is 0 Å². The van der Waals surface area contributed by atoms with Crippen LogP contribution in [0.25, 0.3) is 0 Å². The Morgan fingerprint density at radius 2 is 2.40 bits per heavy atom. The smallest absolute Gasteiger partial charge is 0.217 e. The topological polar surface area (TPSA) is 55.1 Å². The Bertz CT molecular complexity index is 108. The fourth-order valence-electron chi connectivity index (χ4n) is 0.622. The van der Waals surface area contributed by atoms with E-state index in [1.54, 1.807) is 7.05 Å². The fourth-order valence-corrected chi connectivity index (χ4v) is 0.622. The Labute approximate surface area is 59.8 Å². The van der Waals surface area contributed by atoms with Crippen LogP contribution in [0.5, 0.6) is 0 Å². The molecule has 0 radical (unpaired) electrons. The van der Waals surface area contributed by atoms with Gasteiger partial charge in [-0.05, 0) is 13.5 Å². The number of hydrogen-bond donors (Lipinski definition) is 2. The van der Waals surface area contributed by atoms with E-state index in [0.717, 1.165) is 0 Å². The molecule has 1 atom stereocenters. The highest BCUT2D eigenvalue weighted by Crippen LogP contribution is 1.98. The zero-order chi connectivity index (χ0) is 7.98. The van der Waals surface area contributed by atoms with Gasteiger partial charge in [0.25, 0.3) is 0 Å². The normalized spacial score (nSPS) is 13.0. The average molecular weight is 148 g/mol. The van der Waals surface area contributed by atoms with E-state index >= 15 is 0 Å². The minimum absolute atomic E-state index is 0.128. The number of carbonyl (C=O) groups is 1. The molecule has 0 heterocycles. The molecule has 4 heteroatoms. The van der Waals surface area contributed by atoms with Crippen molar-refractivity contribution in [3.05, 3.63) is 0 Å². The number of hydrogen-bond acceptors (Lipinski definition) is 2. The van der Waals surface area contributed by atoms with Crippen molar-refractivity contribution < 1.29 is 9.18 Å². The van der Waals surface area contributed by atoms with Gasteiger partial charge in [0, 0.05) is 13.0 Å². The fraction of sp³-hybridized carbons (Fsp3) is 0.833. The molecule has 0 aliphatic rings. The number of rotatable bonds is 5. The van der Waals surface area contributed by atoms with Crippen molar-refractivity contribution in [1.82, 2.24) is 5.32 Å². The molecule has 3 N–H and O–H groups in total. The van der Waals surface area contributed by atoms with E-state index in [4.69, 9.17) is 5.73 Å². The van der Waals surface area contributed by atoms with Crippen LogP contribution in [0.15, 0.2) is 0 Å². The van der Waals surface area contributed by atoms with Gasteiger partial charge in [-0.15, -0.1) is 0 Å². The molecule has 0 aliphatic heterocycles. The second kappa shape index (κ2) is 5.17. The second-order valence-corrected chi connectivity index (χ2v) is 2.16. The highest BCUT2D eigenvalue weighted by atomic mass is 19.1. The molecule has 0 aromatic carbocycles. The zero-order valence-corrected chi connectivity index (χ0v) is 6.06. The van der Waals surface area contributed by atoms with Crippen molar-refractivity contribution >= 4 is 5.91 Å². The maximum Gasteiger partial charge on any atom is 0.217 e. The standard InChI is InChI=1S/C6H13FN2O/c1-9-4-5(7)2-3-6(8)10/h5,9H,2-4H2,1H3,(H2,8,10). The molecule has 1 unspecified atom stereocenters. The number of alkyl halides is 1. The highest BCUT2D eigenvalue weighted by Gasteiger charge is 2.05. The predicted octanol–water partition coefficient (Wildman–Crippen LogP) is -0.191. The summed E-state index contributed by atoms with van der Waals surface area (Å²) in [4.78, 5) is 10.1. The van der Waals surface area contributed by atoms with Crippen LogP contribution >= 0.6 is 0 Å². The Kier molecular flexibility index (Phi) is 4.84. The third kappa shape index (κ3) is 5.50. The summed E-state index contributed by atoms with van der Waals surface area (Å²) in [6.45, 7) is 0.285. The number of carbonyl (C=O) groups excluding carboxylic acids is 1. The van der Waals surface area contributed by atoms with Gasteiger partial charge >= 0.3 is 0 Å². The average Bonchev–Trinajstić information content (AvgIpc) is 1.85. The number of halogens is 1. The summed E-state index contributed by atoms with van der Waals surface area (Å²) in [6.07, 6.45) is -0.614. The van der Waals surface area contributed by atoms with Crippen molar-refractivity contribution in [3.63, 3.8) is 0 Å². The SMILES string of the molecule is CNCC(F)CCC(N)=O. The van der Waals surface area contributed by atoms with Crippen molar-refractivity contribution in [2.75, 3.05) is 13.6 Å². The number of amides is 1. The molecule has 60 valence electrons. The highest BCUT2D eigenvalue weighted by molar-refractivity contribution is 5.73. The van der Waals surface area contributed by atoms with Crippen LogP contribution in [-0.2, 0) is 4.79 Å². The van der Waals surface area contributed by atoms with Gasteiger partial charge in [0.1, 0.15) is 6.17 Å². The second-order valence-electron chi connectivity index (χ2n) is 2.16. The number of primary amides is 1. The van der Waals surface area contributed by atoms with Crippen LogP contribution in [0.3, 0.4) is 0 Å². The minimum Gasteiger partial charge on any atom is -0.370 e. The summed E-state index contributed by atoms with van der Waals surface area (Å²) in [5.74, 6) is -0.446. The van der Waals surface area contributed by atoms with Crippen molar-refractivity contribution in [2.45, 2.75) is 19.0 Å². The molecule has 3 nitrogen and oxygen atoms in total. The van der Waals surface area contributed by atoms with Crippen LogP contribution in [0.1, 0.15) is 12.8 Å². The number of nitrogens with one attached hydrogen (secondary N) is 1. The van der Waals surface area contributed by atoms with Crippen molar-refractivity contribution in [2.24, 2.45) is 5.73 Å². The monoisotopic (exact) mass is 148 g/mol. The first-order valence-corrected chi connectivity index (χ1v) is 3.23. The third-order valence-electron chi connectivity index (χ3n) is 1.13. The summed E-state index contributed by atoms with van der Waals surface area (Å²) in [5, 5.41) is 2.66. The lowest BCUT2D eigenvalue weighted by atomic mass is 10.2. The van der Waals surface area contributed by atoms with Crippen LogP contribution in [0.4, 0.5) is 4.39 Å². The maximum absolute atomic E-state index is 12.5. The van der Waals surface area contributed by atoms with Crippen LogP contribution in [0, 0.1) is 0 Å². The quantitative estimate of drug-likeness (QED) is 0.567. The van der Waals surface area contributed by atoms with E-state index in [1.165, 1.54) is 0 Å². The molecule has 0 aromatic heterocycles. The molecular formula is C6H13FN2O. The number of nitrogens with two attached hydrogens (primary N) is 1. The van der Waals surface area contributed by atoms with Gasteiger partial charge in [0.2, 0.25) is 5.91 Å². The summed E-state index contributed by atoms with van der Waals surface area (Å²) in [5.41, 5.74) is 4.81. The lowest BCUT2D eigenvalue weighted by molar-refractivity contribution is -0.118. The van der Waals surface area contributed by atoms with Gasteiger partial charge in [-0.2, -0.15) is 0 Å². The van der Waals surface area contributed by atoms with Crippen molar-refractivity contribution in [1.29, 1.82) is 0 Å². The van der Waals surface area contributed by atoms with Gasteiger partial charge in [-0.1, -0.05) is 0 Å². The molecule has 0 saturated carbocycles. The van der Waals surface area contributed by atoms with Crippen molar-refractivity contribution in [3.8, 4) is 0 Å². The molecule has 0 bridgehead atoms. The van der Waals surface area contributed by atoms with Gasteiger partial charge < -0.3 is 11.1 Å². The molecule has 0 aliphatic carbocycles. The van der Waals surface area contributed by atoms with E-state index in [9.17, 15) is 9.18 Å². The van der Waals surface area contributed by atoms with Gasteiger partial charge in [-0.3, -0.25) is 4.79 Å².